The lowest BCUT2D eigenvalue weighted by Gasteiger charge is -2.11. The fourth-order valence-electron chi connectivity index (χ4n) is 3.22. The molecule has 21 heavy (non-hydrogen) atoms. The summed E-state index contributed by atoms with van der Waals surface area (Å²) in [5.41, 5.74) is 4.50. The summed E-state index contributed by atoms with van der Waals surface area (Å²) in [4.78, 5) is 12.7. The molecule has 1 heterocycles. The Kier molecular flexibility index (Phi) is 3.98. The third kappa shape index (κ3) is 2.57. The Morgan fingerprint density at radius 2 is 2.19 bits per heavy atom. The zero-order valence-corrected chi connectivity index (χ0v) is 14.0. The average molecular weight is 347 g/mol. The van der Waals surface area contributed by atoms with Crippen molar-refractivity contribution in [3.8, 4) is 0 Å². The van der Waals surface area contributed by atoms with E-state index in [0.29, 0.717) is 12.2 Å². The third-order valence-electron chi connectivity index (χ3n) is 4.32. The lowest BCUT2D eigenvalue weighted by molar-refractivity contribution is -0.119. The normalized spacial score (nSPS) is 17.0. The van der Waals surface area contributed by atoms with Crippen LogP contribution in [-0.2, 0) is 24.2 Å². The van der Waals surface area contributed by atoms with E-state index in [-0.39, 0.29) is 5.92 Å². The van der Waals surface area contributed by atoms with Gasteiger partial charge in [-0.3, -0.25) is 9.48 Å². The van der Waals surface area contributed by atoms with E-state index < -0.39 is 0 Å². The van der Waals surface area contributed by atoms with E-state index in [1.54, 1.807) is 0 Å². The van der Waals surface area contributed by atoms with Gasteiger partial charge in [-0.25, -0.2) is 0 Å². The van der Waals surface area contributed by atoms with Crippen LogP contribution in [0, 0.1) is 6.92 Å². The first-order valence-corrected chi connectivity index (χ1v) is 8.23. The van der Waals surface area contributed by atoms with Crippen molar-refractivity contribution in [1.29, 1.82) is 0 Å². The largest absolute Gasteiger partial charge is 0.299 e. The highest BCUT2D eigenvalue weighted by molar-refractivity contribution is 9.10. The molecule has 0 saturated heterocycles. The molecule has 1 atom stereocenters. The van der Waals surface area contributed by atoms with Crippen LogP contribution in [0.25, 0.3) is 0 Å². The second-order valence-electron chi connectivity index (χ2n) is 5.60. The van der Waals surface area contributed by atoms with Crippen molar-refractivity contribution in [3.05, 3.63) is 51.3 Å². The van der Waals surface area contributed by atoms with Crippen molar-refractivity contribution >= 4 is 21.7 Å². The van der Waals surface area contributed by atoms with Gasteiger partial charge in [-0.05, 0) is 53.7 Å². The molecule has 110 valence electrons. The highest BCUT2D eigenvalue weighted by Gasteiger charge is 2.29. The number of carbonyl (C=O) groups is 1. The summed E-state index contributed by atoms with van der Waals surface area (Å²) in [7, 11) is 0. The summed E-state index contributed by atoms with van der Waals surface area (Å²) in [5, 5.41) is 4.47. The Morgan fingerprint density at radius 1 is 1.43 bits per heavy atom. The van der Waals surface area contributed by atoms with Gasteiger partial charge in [0.15, 0.2) is 0 Å². The van der Waals surface area contributed by atoms with E-state index in [9.17, 15) is 4.79 Å². The van der Waals surface area contributed by atoms with Crippen LogP contribution in [0.5, 0.6) is 0 Å². The molecule has 1 unspecified atom stereocenters. The Morgan fingerprint density at radius 3 is 2.95 bits per heavy atom. The van der Waals surface area contributed by atoms with Gasteiger partial charge in [-0.2, -0.15) is 5.10 Å². The van der Waals surface area contributed by atoms with Gasteiger partial charge in [-0.1, -0.05) is 24.3 Å². The maximum absolute atomic E-state index is 12.7. The second kappa shape index (κ2) is 5.76. The predicted octanol–water partition coefficient (Wildman–Crippen LogP) is 3.82. The zero-order valence-electron chi connectivity index (χ0n) is 12.4. The molecule has 1 aliphatic carbocycles. The maximum Gasteiger partial charge on any atom is 0.146 e. The summed E-state index contributed by atoms with van der Waals surface area (Å²) >= 11 is 3.58. The Balaban J connectivity index is 1.85. The molecule has 0 N–H and O–H groups in total. The Hall–Kier alpha value is -1.42. The van der Waals surface area contributed by atoms with Gasteiger partial charge in [0.25, 0.3) is 0 Å². The number of halogens is 1. The molecule has 1 aliphatic rings. The standard InChI is InChI=1S/C17H19BrN2O/c1-3-20-15(17(18)11(2)19-20)10-16(21)14-9-8-12-6-4-5-7-13(12)14/h4-7,14H,3,8-10H2,1-2H3. The lowest BCUT2D eigenvalue weighted by atomic mass is 9.94. The molecule has 0 amide bonds. The Bertz CT molecular complexity index is 690. The molecule has 4 heteroatoms. The first-order valence-electron chi connectivity index (χ1n) is 7.44. The molecule has 2 aromatic rings. The van der Waals surface area contributed by atoms with Crippen molar-refractivity contribution in [3.63, 3.8) is 0 Å². The minimum Gasteiger partial charge on any atom is -0.299 e. The number of ketones is 1. The molecule has 0 bridgehead atoms. The lowest BCUT2D eigenvalue weighted by Crippen LogP contribution is -2.16. The van der Waals surface area contributed by atoms with Crippen molar-refractivity contribution in [2.45, 2.75) is 45.6 Å². The molecule has 0 aliphatic heterocycles. The van der Waals surface area contributed by atoms with E-state index in [1.807, 2.05) is 17.7 Å². The van der Waals surface area contributed by atoms with Gasteiger partial charge < -0.3 is 0 Å². The quantitative estimate of drug-likeness (QED) is 0.843. The average Bonchev–Trinajstić information content (AvgIpc) is 3.03. The van der Waals surface area contributed by atoms with Gasteiger partial charge in [0.05, 0.1) is 22.3 Å². The number of hydrogen-bond donors (Lipinski definition) is 0. The van der Waals surface area contributed by atoms with E-state index in [0.717, 1.165) is 35.2 Å². The van der Waals surface area contributed by atoms with E-state index in [1.165, 1.54) is 11.1 Å². The summed E-state index contributed by atoms with van der Waals surface area (Å²) in [6, 6.07) is 8.32. The first kappa shape index (κ1) is 14.5. The summed E-state index contributed by atoms with van der Waals surface area (Å²) in [6.07, 6.45) is 2.41. The minimum absolute atomic E-state index is 0.0496. The van der Waals surface area contributed by atoms with Crippen molar-refractivity contribution in [1.82, 2.24) is 9.78 Å². The van der Waals surface area contributed by atoms with Crippen molar-refractivity contribution < 1.29 is 4.79 Å². The number of fused-ring (bicyclic) bond motifs is 1. The first-order chi connectivity index (χ1) is 10.1. The number of aromatic nitrogens is 2. The number of hydrogen-bond acceptors (Lipinski definition) is 2. The summed E-state index contributed by atoms with van der Waals surface area (Å²) < 4.78 is 2.90. The van der Waals surface area contributed by atoms with Gasteiger partial charge in [0.1, 0.15) is 5.78 Å². The molecular formula is C17H19BrN2O. The fourth-order valence-corrected chi connectivity index (χ4v) is 3.64. The number of aryl methyl sites for hydroxylation is 3. The monoisotopic (exact) mass is 346 g/mol. The van der Waals surface area contributed by atoms with Gasteiger partial charge >= 0.3 is 0 Å². The fraction of sp³-hybridized carbons (Fsp3) is 0.412. The van der Waals surface area contributed by atoms with Gasteiger partial charge in [-0.15, -0.1) is 0 Å². The summed E-state index contributed by atoms with van der Waals surface area (Å²) in [6.45, 7) is 4.81. The number of benzene rings is 1. The van der Waals surface area contributed by atoms with Crippen LogP contribution >= 0.6 is 15.9 Å². The van der Waals surface area contributed by atoms with Crippen molar-refractivity contribution in [2.24, 2.45) is 0 Å². The smallest absolute Gasteiger partial charge is 0.146 e. The predicted molar refractivity (Wildman–Crippen MR) is 86.6 cm³/mol. The number of nitrogens with zero attached hydrogens (tertiary/aromatic N) is 2. The van der Waals surface area contributed by atoms with Crippen LogP contribution in [-0.4, -0.2) is 15.6 Å². The van der Waals surface area contributed by atoms with E-state index in [2.05, 4.69) is 46.2 Å². The molecule has 0 saturated carbocycles. The third-order valence-corrected chi connectivity index (χ3v) is 5.35. The molecule has 0 spiro atoms. The molecule has 0 fully saturated rings. The molecule has 3 nitrogen and oxygen atoms in total. The summed E-state index contributed by atoms with van der Waals surface area (Å²) in [5.74, 6) is 0.351. The molecule has 1 aromatic carbocycles. The highest BCUT2D eigenvalue weighted by atomic mass is 79.9. The van der Waals surface area contributed by atoms with Crippen LogP contribution in [0.1, 0.15) is 41.8 Å². The van der Waals surface area contributed by atoms with Gasteiger partial charge in [0.2, 0.25) is 0 Å². The number of carbonyl (C=O) groups excluding carboxylic acids is 1. The van der Waals surface area contributed by atoms with Crippen LogP contribution < -0.4 is 0 Å². The molecule has 1 aromatic heterocycles. The number of rotatable bonds is 4. The minimum atomic E-state index is 0.0496. The van der Waals surface area contributed by atoms with Crippen LogP contribution in [0.3, 0.4) is 0 Å². The van der Waals surface area contributed by atoms with E-state index >= 15 is 0 Å². The topological polar surface area (TPSA) is 34.9 Å². The van der Waals surface area contributed by atoms with E-state index in [4.69, 9.17) is 0 Å². The molecule has 3 rings (SSSR count). The second-order valence-corrected chi connectivity index (χ2v) is 6.39. The maximum atomic E-state index is 12.7. The van der Waals surface area contributed by atoms with Crippen LogP contribution in [0.15, 0.2) is 28.7 Å². The van der Waals surface area contributed by atoms with Crippen LogP contribution in [0.4, 0.5) is 0 Å². The van der Waals surface area contributed by atoms with Gasteiger partial charge in [0, 0.05) is 12.5 Å². The Labute approximate surface area is 133 Å². The van der Waals surface area contributed by atoms with Crippen molar-refractivity contribution in [2.75, 3.05) is 0 Å². The highest BCUT2D eigenvalue weighted by Crippen LogP contribution is 2.35. The number of Topliss-reactive ketones (excluding diaryl/α,β-unsaturated/α-hetero) is 1. The van der Waals surface area contributed by atoms with Crippen LogP contribution in [0.2, 0.25) is 0 Å². The zero-order chi connectivity index (χ0) is 15.0. The molecular weight excluding hydrogens is 328 g/mol. The SMILES string of the molecule is CCn1nc(C)c(Br)c1CC(=O)C1CCc2ccccc21. The molecule has 0 radical (unpaired) electrons.